The maximum Gasteiger partial charge on any atom is 0.149 e. The van der Waals surface area contributed by atoms with E-state index in [2.05, 4.69) is 45.2 Å². The Morgan fingerprint density at radius 1 is 1.27 bits per heavy atom. The number of aryl methyl sites for hydroxylation is 1. The van der Waals surface area contributed by atoms with Gasteiger partial charge < -0.3 is 14.6 Å². The molecule has 1 atom stereocenters. The van der Waals surface area contributed by atoms with Gasteiger partial charge in [-0.3, -0.25) is 0 Å². The summed E-state index contributed by atoms with van der Waals surface area (Å²) in [5.41, 5.74) is 2.63. The summed E-state index contributed by atoms with van der Waals surface area (Å²) in [6.45, 7) is 4.88. The molecule has 0 fully saturated rings. The van der Waals surface area contributed by atoms with Crippen LogP contribution in [0.25, 0.3) is 0 Å². The molecule has 1 N–H and O–H groups in total. The molecule has 0 unspecified atom stereocenters. The maximum absolute atomic E-state index is 5.56. The lowest BCUT2D eigenvalue weighted by molar-refractivity contribution is 0.357. The number of ether oxygens (including phenoxy) is 1. The summed E-state index contributed by atoms with van der Waals surface area (Å²) >= 11 is 0. The summed E-state index contributed by atoms with van der Waals surface area (Å²) in [7, 11) is 0. The first kappa shape index (κ1) is 13.8. The number of fused-ring (bicyclic) bond motifs is 2. The number of aromatic nitrogens is 3. The average molecular weight is 298 g/mol. The molecule has 2 aliphatic heterocycles. The molecule has 0 saturated heterocycles. The fraction of sp³-hybridized carbons (Fsp3) is 0.529. The van der Waals surface area contributed by atoms with Gasteiger partial charge in [0.05, 0.1) is 12.6 Å². The van der Waals surface area contributed by atoms with Crippen LogP contribution in [-0.4, -0.2) is 21.4 Å². The van der Waals surface area contributed by atoms with Crippen LogP contribution in [0.15, 0.2) is 18.2 Å². The summed E-state index contributed by atoms with van der Waals surface area (Å²) < 4.78 is 7.85. The number of hydrogen-bond acceptors (Lipinski definition) is 4. The molecule has 22 heavy (non-hydrogen) atoms. The first-order chi connectivity index (χ1) is 10.8. The van der Waals surface area contributed by atoms with Crippen LogP contribution < -0.4 is 10.1 Å². The minimum atomic E-state index is 0.212. The van der Waals surface area contributed by atoms with Crippen molar-refractivity contribution >= 4 is 0 Å². The topological polar surface area (TPSA) is 52.0 Å². The third-order valence-electron chi connectivity index (χ3n) is 4.64. The minimum Gasteiger partial charge on any atom is -0.493 e. The highest BCUT2D eigenvalue weighted by atomic mass is 16.5. The molecule has 0 spiro atoms. The monoisotopic (exact) mass is 298 g/mol. The van der Waals surface area contributed by atoms with Crippen LogP contribution in [0.2, 0.25) is 0 Å². The van der Waals surface area contributed by atoms with Gasteiger partial charge in [-0.15, -0.1) is 10.2 Å². The fourth-order valence-corrected chi connectivity index (χ4v) is 3.36. The van der Waals surface area contributed by atoms with E-state index in [4.69, 9.17) is 4.74 Å². The van der Waals surface area contributed by atoms with Crippen LogP contribution in [0, 0.1) is 0 Å². The Morgan fingerprint density at radius 2 is 2.23 bits per heavy atom. The van der Waals surface area contributed by atoms with Gasteiger partial charge in [0.2, 0.25) is 0 Å². The highest BCUT2D eigenvalue weighted by Gasteiger charge is 2.20. The van der Waals surface area contributed by atoms with Crippen LogP contribution >= 0.6 is 0 Å². The molecule has 5 nitrogen and oxygen atoms in total. The third-order valence-corrected chi connectivity index (χ3v) is 4.64. The van der Waals surface area contributed by atoms with Gasteiger partial charge in [0.25, 0.3) is 0 Å². The molecule has 0 bridgehead atoms. The number of rotatable bonds is 4. The Morgan fingerprint density at radius 3 is 3.18 bits per heavy atom. The zero-order chi connectivity index (χ0) is 14.9. The highest BCUT2D eigenvalue weighted by Crippen LogP contribution is 2.26. The van der Waals surface area contributed by atoms with Crippen LogP contribution in [0.5, 0.6) is 5.75 Å². The molecule has 1 aromatic carbocycles. The summed E-state index contributed by atoms with van der Waals surface area (Å²) in [6, 6.07) is 6.69. The fourth-order valence-electron chi connectivity index (χ4n) is 3.36. The second-order valence-corrected chi connectivity index (χ2v) is 6.23. The Bertz CT molecular complexity index is 679. The van der Waals surface area contributed by atoms with Crippen LogP contribution in [-0.2, 0) is 25.9 Å². The van der Waals surface area contributed by atoms with Crippen molar-refractivity contribution in [3.05, 3.63) is 41.0 Å². The normalized spacial score (nSPS) is 17.7. The molecule has 4 rings (SSSR count). The lowest BCUT2D eigenvalue weighted by Gasteiger charge is -2.19. The number of hydrogen-bond donors (Lipinski definition) is 1. The zero-order valence-corrected chi connectivity index (χ0v) is 13.0. The Balaban J connectivity index is 1.44. The van der Waals surface area contributed by atoms with E-state index >= 15 is 0 Å². The van der Waals surface area contributed by atoms with E-state index in [1.165, 1.54) is 24.0 Å². The van der Waals surface area contributed by atoms with E-state index in [9.17, 15) is 0 Å². The molecular formula is C17H22N4O. The van der Waals surface area contributed by atoms with E-state index < -0.39 is 0 Å². The van der Waals surface area contributed by atoms with Crippen molar-refractivity contribution in [2.45, 2.75) is 51.7 Å². The van der Waals surface area contributed by atoms with Crippen molar-refractivity contribution in [3.8, 4) is 5.75 Å². The molecule has 3 heterocycles. The summed E-state index contributed by atoms with van der Waals surface area (Å²) in [6.07, 6.45) is 4.55. The van der Waals surface area contributed by atoms with Crippen molar-refractivity contribution in [2.24, 2.45) is 0 Å². The zero-order valence-electron chi connectivity index (χ0n) is 13.0. The lowest BCUT2D eigenvalue weighted by atomic mass is 10.1. The van der Waals surface area contributed by atoms with Crippen molar-refractivity contribution in [2.75, 3.05) is 6.61 Å². The number of nitrogens with zero attached hydrogens (tertiary/aromatic N) is 3. The molecule has 2 aliphatic rings. The minimum absolute atomic E-state index is 0.212. The summed E-state index contributed by atoms with van der Waals surface area (Å²) in [5, 5.41) is 12.3. The van der Waals surface area contributed by atoms with Crippen molar-refractivity contribution < 1.29 is 4.74 Å². The second kappa shape index (κ2) is 5.72. The Kier molecular flexibility index (Phi) is 3.58. The summed E-state index contributed by atoms with van der Waals surface area (Å²) in [5.74, 6) is 3.26. The summed E-state index contributed by atoms with van der Waals surface area (Å²) in [4.78, 5) is 0. The van der Waals surface area contributed by atoms with Gasteiger partial charge in [0.1, 0.15) is 17.4 Å². The van der Waals surface area contributed by atoms with E-state index in [1.807, 2.05) is 0 Å². The second-order valence-electron chi connectivity index (χ2n) is 6.23. The van der Waals surface area contributed by atoms with Gasteiger partial charge in [-0.25, -0.2) is 0 Å². The highest BCUT2D eigenvalue weighted by molar-refractivity contribution is 5.39. The Labute approximate surface area is 130 Å². The largest absolute Gasteiger partial charge is 0.493 e. The van der Waals surface area contributed by atoms with Gasteiger partial charge in [-0.05, 0) is 37.0 Å². The van der Waals surface area contributed by atoms with Crippen molar-refractivity contribution in [1.82, 2.24) is 20.1 Å². The van der Waals surface area contributed by atoms with Gasteiger partial charge in [0, 0.05) is 25.9 Å². The quantitative estimate of drug-likeness (QED) is 0.941. The van der Waals surface area contributed by atoms with E-state index in [0.29, 0.717) is 0 Å². The molecular weight excluding hydrogens is 276 g/mol. The molecule has 0 aliphatic carbocycles. The number of nitrogens with one attached hydrogen (secondary N) is 1. The van der Waals surface area contributed by atoms with Gasteiger partial charge >= 0.3 is 0 Å². The van der Waals surface area contributed by atoms with E-state index in [1.54, 1.807) is 0 Å². The molecule has 116 valence electrons. The van der Waals surface area contributed by atoms with Gasteiger partial charge in [0.15, 0.2) is 0 Å². The van der Waals surface area contributed by atoms with Crippen LogP contribution in [0.1, 0.15) is 48.6 Å². The third kappa shape index (κ3) is 2.50. The molecule has 0 saturated carbocycles. The van der Waals surface area contributed by atoms with Gasteiger partial charge in [-0.1, -0.05) is 12.1 Å². The first-order valence-corrected chi connectivity index (χ1v) is 8.21. The Hall–Kier alpha value is -1.88. The molecule has 2 aromatic rings. The van der Waals surface area contributed by atoms with Crippen molar-refractivity contribution in [1.29, 1.82) is 0 Å². The molecule has 0 amide bonds. The standard InChI is InChI=1S/C17H22N4O/c1-12(17-20-19-16-4-2-3-8-21(16)17)18-11-13-5-6-15-14(10-13)7-9-22-15/h5-6,10,12,18H,2-4,7-9,11H2,1H3/t12-/m0/s1. The molecule has 5 heteroatoms. The SMILES string of the molecule is C[C@H](NCc1ccc2c(c1)CCO2)c1nnc2n1CCCC2. The van der Waals surface area contributed by atoms with Crippen LogP contribution in [0.3, 0.4) is 0 Å². The van der Waals surface area contributed by atoms with Gasteiger partial charge in [-0.2, -0.15) is 0 Å². The van der Waals surface area contributed by atoms with E-state index in [-0.39, 0.29) is 6.04 Å². The molecule has 1 aromatic heterocycles. The van der Waals surface area contributed by atoms with Crippen molar-refractivity contribution in [3.63, 3.8) is 0 Å². The number of benzene rings is 1. The lowest BCUT2D eigenvalue weighted by Crippen LogP contribution is -2.23. The predicted molar refractivity (Wildman–Crippen MR) is 83.9 cm³/mol. The molecule has 0 radical (unpaired) electrons. The maximum atomic E-state index is 5.56. The van der Waals surface area contributed by atoms with Crippen LogP contribution in [0.4, 0.5) is 0 Å². The predicted octanol–water partition coefficient (Wildman–Crippen LogP) is 2.40. The smallest absolute Gasteiger partial charge is 0.149 e. The average Bonchev–Trinajstić information content (AvgIpc) is 3.18. The van der Waals surface area contributed by atoms with E-state index in [0.717, 1.165) is 49.9 Å². The first-order valence-electron chi connectivity index (χ1n) is 8.21.